The molecule has 0 unspecified atom stereocenters. The van der Waals surface area contributed by atoms with Gasteiger partial charge in [-0.05, 0) is 32.8 Å². The first-order chi connectivity index (χ1) is 10.9. The first kappa shape index (κ1) is 15.7. The van der Waals surface area contributed by atoms with Crippen LogP contribution in [-0.2, 0) is 17.8 Å². The molecule has 0 fully saturated rings. The lowest BCUT2D eigenvalue weighted by molar-refractivity contribution is -0.122. The molecule has 1 amide bonds. The lowest BCUT2D eigenvalue weighted by Gasteiger charge is -2.06. The Morgan fingerprint density at radius 2 is 2.17 bits per heavy atom. The van der Waals surface area contributed by atoms with Gasteiger partial charge in [-0.25, -0.2) is 18.9 Å². The third-order valence-electron chi connectivity index (χ3n) is 3.67. The van der Waals surface area contributed by atoms with Crippen molar-refractivity contribution in [1.82, 2.24) is 24.5 Å². The molecule has 0 saturated heterocycles. The molecule has 23 heavy (non-hydrogen) atoms. The van der Waals surface area contributed by atoms with Crippen LogP contribution in [-0.4, -0.2) is 31.1 Å². The van der Waals surface area contributed by atoms with Crippen LogP contribution in [0.5, 0.6) is 0 Å². The van der Waals surface area contributed by atoms with E-state index in [-0.39, 0.29) is 24.2 Å². The summed E-state index contributed by atoms with van der Waals surface area (Å²) in [4.78, 5) is 30.8. The highest BCUT2D eigenvalue weighted by Crippen LogP contribution is 2.31. The Labute approximate surface area is 137 Å². The number of thiophene rings is 1. The second-order valence-electron chi connectivity index (χ2n) is 5.77. The molecule has 122 valence electrons. The minimum atomic E-state index is -0.348. The maximum Gasteiger partial charge on any atom is 0.352 e. The van der Waals surface area contributed by atoms with E-state index in [0.717, 1.165) is 22.2 Å². The molecule has 0 aromatic carbocycles. The van der Waals surface area contributed by atoms with E-state index in [2.05, 4.69) is 22.3 Å². The second kappa shape index (κ2) is 5.77. The summed E-state index contributed by atoms with van der Waals surface area (Å²) in [5.74, 6) is -0.230. The number of aryl methyl sites for hydroxylation is 2. The van der Waals surface area contributed by atoms with E-state index in [4.69, 9.17) is 0 Å². The average molecular weight is 333 g/mol. The Balaban J connectivity index is 2.16. The quantitative estimate of drug-likeness (QED) is 0.784. The van der Waals surface area contributed by atoms with Gasteiger partial charge in [0.15, 0.2) is 5.65 Å². The molecular weight excluding hydrogens is 314 g/mol. The van der Waals surface area contributed by atoms with Crippen molar-refractivity contribution in [3.8, 4) is 0 Å². The molecule has 0 atom stereocenters. The molecule has 3 rings (SSSR count). The molecule has 0 aliphatic heterocycles. The van der Waals surface area contributed by atoms with E-state index < -0.39 is 0 Å². The second-order valence-corrected chi connectivity index (χ2v) is 6.97. The van der Waals surface area contributed by atoms with Crippen molar-refractivity contribution in [3.05, 3.63) is 27.3 Å². The zero-order valence-corrected chi connectivity index (χ0v) is 14.4. The summed E-state index contributed by atoms with van der Waals surface area (Å²) in [6.07, 6.45) is 2.33. The zero-order chi connectivity index (χ0) is 16.7. The number of carbonyl (C=O) groups excluding carboxylic acids is 1. The van der Waals surface area contributed by atoms with Crippen LogP contribution in [0.25, 0.3) is 15.9 Å². The highest BCUT2D eigenvalue weighted by atomic mass is 32.1. The maximum atomic E-state index is 12.4. The predicted octanol–water partition coefficient (Wildman–Crippen LogP) is 1.50. The van der Waals surface area contributed by atoms with E-state index in [9.17, 15) is 9.59 Å². The molecule has 8 heteroatoms. The maximum absolute atomic E-state index is 12.4. The van der Waals surface area contributed by atoms with Gasteiger partial charge < -0.3 is 5.32 Å². The fourth-order valence-corrected chi connectivity index (χ4v) is 3.80. The van der Waals surface area contributed by atoms with E-state index >= 15 is 0 Å². The largest absolute Gasteiger partial charge is 0.352 e. The Hall–Kier alpha value is -2.22. The van der Waals surface area contributed by atoms with E-state index in [1.54, 1.807) is 11.3 Å². The topological polar surface area (TPSA) is 81.3 Å². The molecule has 3 aromatic heterocycles. The number of nitrogens with zero attached hydrogens (tertiary/aromatic N) is 4. The zero-order valence-electron chi connectivity index (χ0n) is 13.6. The van der Waals surface area contributed by atoms with Crippen molar-refractivity contribution < 1.29 is 4.79 Å². The Kier molecular flexibility index (Phi) is 3.93. The summed E-state index contributed by atoms with van der Waals surface area (Å²) in [5.41, 5.74) is 1.38. The minimum Gasteiger partial charge on any atom is -0.352 e. The molecule has 3 heterocycles. The number of amides is 1. The Morgan fingerprint density at radius 3 is 2.83 bits per heavy atom. The van der Waals surface area contributed by atoms with Crippen molar-refractivity contribution in [2.75, 3.05) is 0 Å². The number of fused-ring (bicyclic) bond motifs is 3. The monoisotopic (exact) mass is 333 g/mol. The van der Waals surface area contributed by atoms with Gasteiger partial charge in [0.05, 0.1) is 5.39 Å². The molecule has 0 saturated carbocycles. The summed E-state index contributed by atoms with van der Waals surface area (Å²) >= 11 is 1.60. The van der Waals surface area contributed by atoms with Crippen LogP contribution in [0.1, 0.15) is 31.2 Å². The predicted molar refractivity (Wildman–Crippen MR) is 90.0 cm³/mol. The van der Waals surface area contributed by atoms with Gasteiger partial charge in [0, 0.05) is 10.9 Å². The van der Waals surface area contributed by atoms with Crippen LogP contribution >= 0.6 is 11.3 Å². The SMILES string of the molecule is CCc1c(C)sc2ncn3c(=O)n(CC(=O)NC(C)C)nc3c12. The van der Waals surface area contributed by atoms with Crippen LogP contribution in [0, 0.1) is 6.92 Å². The fraction of sp³-hybridized carbons (Fsp3) is 0.467. The third kappa shape index (κ3) is 2.63. The van der Waals surface area contributed by atoms with Crippen molar-refractivity contribution in [2.24, 2.45) is 0 Å². The highest BCUT2D eigenvalue weighted by Gasteiger charge is 2.18. The van der Waals surface area contributed by atoms with Crippen LogP contribution in [0.3, 0.4) is 0 Å². The van der Waals surface area contributed by atoms with E-state index in [1.807, 2.05) is 20.8 Å². The smallest absolute Gasteiger partial charge is 0.352 e. The molecule has 0 spiro atoms. The van der Waals surface area contributed by atoms with Crippen molar-refractivity contribution in [3.63, 3.8) is 0 Å². The molecule has 0 bridgehead atoms. The van der Waals surface area contributed by atoms with Gasteiger partial charge in [-0.2, -0.15) is 0 Å². The molecule has 1 N–H and O–H groups in total. The first-order valence-electron chi connectivity index (χ1n) is 7.57. The Morgan fingerprint density at radius 1 is 1.43 bits per heavy atom. The van der Waals surface area contributed by atoms with Crippen molar-refractivity contribution in [1.29, 1.82) is 0 Å². The van der Waals surface area contributed by atoms with Crippen molar-refractivity contribution in [2.45, 2.75) is 46.7 Å². The summed E-state index contributed by atoms with van der Waals surface area (Å²) in [6, 6.07) is 0.0230. The van der Waals surface area contributed by atoms with Crippen LogP contribution < -0.4 is 11.0 Å². The number of nitrogens with one attached hydrogen (secondary N) is 1. The van der Waals surface area contributed by atoms with E-state index in [1.165, 1.54) is 20.3 Å². The Bertz CT molecular complexity index is 950. The van der Waals surface area contributed by atoms with Gasteiger partial charge in [-0.1, -0.05) is 6.92 Å². The lowest BCUT2D eigenvalue weighted by atomic mass is 10.1. The highest BCUT2D eigenvalue weighted by molar-refractivity contribution is 7.18. The number of aromatic nitrogens is 4. The summed E-state index contributed by atoms with van der Waals surface area (Å²) < 4.78 is 2.61. The molecule has 7 nitrogen and oxygen atoms in total. The number of carbonyl (C=O) groups is 1. The first-order valence-corrected chi connectivity index (χ1v) is 8.39. The number of rotatable bonds is 4. The van der Waals surface area contributed by atoms with Gasteiger partial charge in [-0.3, -0.25) is 4.79 Å². The van der Waals surface area contributed by atoms with Gasteiger partial charge in [-0.15, -0.1) is 16.4 Å². The average Bonchev–Trinajstić information content (AvgIpc) is 2.95. The van der Waals surface area contributed by atoms with Gasteiger partial charge >= 0.3 is 5.69 Å². The summed E-state index contributed by atoms with van der Waals surface area (Å²) in [5, 5.41) is 8.06. The molecule has 0 radical (unpaired) electrons. The number of hydrogen-bond acceptors (Lipinski definition) is 5. The molecule has 0 aliphatic carbocycles. The standard InChI is InChI=1S/C15H19N5O2S/c1-5-10-9(4)23-14-12(10)13-18-20(6-11(21)17-8(2)3)15(22)19(13)7-16-14/h7-8H,5-6H2,1-4H3,(H,17,21). The summed E-state index contributed by atoms with van der Waals surface area (Å²) in [6.45, 7) is 7.78. The van der Waals surface area contributed by atoms with Gasteiger partial charge in [0.2, 0.25) is 5.91 Å². The molecule has 0 aliphatic rings. The third-order valence-corrected chi connectivity index (χ3v) is 4.73. The molecule has 3 aromatic rings. The van der Waals surface area contributed by atoms with E-state index in [0.29, 0.717) is 5.65 Å². The number of hydrogen-bond donors (Lipinski definition) is 1. The van der Waals surface area contributed by atoms with Crippen molar-refractivity contribution >= 4 is 33.1 Å². The van der Waals surface area contributed by atoms with Crippen LogP contribution in [0.15, 0.2) is 11.1 Å². The normalized spacial score (nSPS) is 11.7. The van der Waals surface area contributed by atoms with Gasteiger partial charge in [0.25, 0.3) is 0 Å². The molecular formula is C15H19N5O2S. The summed E-state index contributed by atoms with van der Waals surface area (Å²) in [7, 11) is 0. The van der Waals surface area contributed by atoms with Crippen LogP contribution in [0.4, 0.5) is 0 Å². The fourth-order valence-electron chi connectivity index (χ4n) is 2.72. The van der Waals surface area contributed by atoms with Gasteiger partial charge in [0.1, 0.15) is 17.7 Å². The lowest BCUT2D eigenvalue weighted by Crippen LogP contribution is -2.36. The van der Waals surface area contributed by atoms with Crippen LogP contribution in [0.2, 0.25) is 0 Å². The minimum absolute atomic E-state index is 0.0230.